The highest BCUT2D eigenvalue weighted by molar-refractivity contribution is 6.28. The molecule has 0 amide bonds. The van der Waals surface area contributed by atoms with Crippen LogP contribution >= 0.6 is 0 Å². The predicted octanol–water partition coefficient (Wildman–Crippen LogP) is 12.9. The molecule has 7 aromatic carbocycles. The lowest BCUT2D eigenvalue weighted by Crippen LogP contribution is -2.11. The van der Waals surface area contributed by atoms with Gasteiger partial charge in [-0.05, 0) is 114 Å². The van der Waals surface area contributed by atoms with Crippen LogP contribution in [-0.2, 0) is 0 Å². The highest BCUT2D eigenvalue weighted by Crippen LogP contribution is 2.58. The maximum atomic E-state index is 4.68. The average molecular weight is 650 g/mol. The molecule has 0 saturated heterocycles. The van der Waals surface area contributed by atoms with Gasteiger partial charge in [0, 0.05) is 18.1 Å². The first-order chi connectivity index (χ1) is 25.3. The minimum absolute atomic E-state index is 0.845. The Morgan fingerprint density at radius 3 is 1.59 bits per heavy atom. The van der Waals surface area contributed by atoms with E-state index in [0.29, 0.717) is 0 Å². The number of fused-ring (bicyclic) bond motifs is 4. The molecule has 0 spiro atoms. The first-order valence-electron chi connectivity index (χ1n) is 17.3. The van der Waals surface area contributed by atoms with E-state index < -0.39 is 0 Å². The van der Waals surface area contributed by atoms with Crippen molar-refractivity contribution in [1.82, 2.24) is 9.97 Å². The van der Waals surface area contributed by atoms with Gasteiger partial charge in [-0.25, -0.2) is 4.98 Å². The molecule has 0 fully saturated rings. The average Bonchev–Trinajstić information content (AvgIpc) is 3.54. The van der Waals surface area contributed by atoms with E-state index in [1.54, 1.807) is 6.20 Å². The molecule has 0 N–H and O–H groups in total. The van der Waals surface area contributed by atoms with Crippen LogP contribution in [-0.4, -0.2) is 9.97 Å². The number of benzene rings is 7. The van der Waals surface area contributed by atoms with Crippen LogP contribution in [0.15, 0.2) is 188 Å². The summed E-state index contributed by atoms with van der Waals surface area (Å²) in [6, 6.07) is 61.1. The van der Waals surface area contributed by atoms with E-state index in [-0.39, 0.29) is 0 Å². The van der Waals surface area contributed by atoms with Crippen LogP contribution in [0.25, 0.3) is 77.2 Å². The van der Waals surface area contributed by atoms with Crippen LogP contribution in [0.5, 0.6) is 0 Å². The Morgan fingerprint density at radius 2 is 0.961 bits per heavy atom. The molecule has 1 aliphatic rings. The molecule has 0 saturated carbocycles. The van der Waals surface area contributed by atoms with Crippen molar-refractivity contribution in [2.45, 2.75) is 0 Å². The zero-order valence-electron chi connectivity index (χ0n) is 27.7. The van der Waals surface area contributed by atoms with Crippen LogP contribution in [0.1, 0.15) is 0 Å². The van der Waals surface area contributed by atoms with E-state index in [1.807, 2.05) is 36.7 Å². The number of pyridine rings is 2. The molecular weight excluding hydrogens is 619 g/mol. The maximum absolute atomic E-state index is 4.68. The highest BCUT2D eigenvalue weighted by atomic mass is 15.2. The van der Waals surface area contributed by atoms with Crippen LogP contribution in [0.4, 0.5) is 17.2 Å². The summed E-state index contributed by atoms with van der Waals surface area (Å²) in [6.45, 7) is 0. The summed E-state index contributed by atoms with van der Waals surface area (Å²) in [4.78, 5) is 11.2. The normalized spacial score (nSPS) is 11.5. The minimum Gasteiger partial charge on any atom is -0.293 e. The quantitative estimate of drug-likeness (QED) is 0.179. The van der Waals surface area contributed by atoms with Gasteiger partial charge in [-0.2, -0.15) is 0 Å². The molecule has 3 nitrogen and oxygen atoms in total. The van der Waals surface area contributed by atoms with Gasteiger partial charge in [0.25, 0.3) is 0 Å². The monoisotopic (exact) mass is 649 g/mol. The molecule has 1 aliphatic carbocycles. The molecule has 0 bridgehead atoms. The molecule has 0 radical (unpaired) electrons. The van der Waals surface area contributed by atoms with Crippen molar-refractivity contribution < 1.29 is 0 Å². The van der Waals surface area contributed by atoms with Crippen LogP contribution < -0.4 is 4.90 Å². The van der Waals surface area contributed by atoms with Crippen LogP contribution in [0, 0.1) is 0 Å². The molecular formula is C48H31N3. The number of nitrogens with zero attached hydrogens (tertiary/aromatic N) is 3. The highest BCUT2D eigenvalue weighted by Gasteiger charge is 2.31. The standard InChI is InChI=1S/C48H31N3/c1-3-13-33(14-4-1)44-39-18-7-8-19-40(39)45(34-15-5-2-6-16-34)48-42-28-27-37(38-20-11-21-41(46(38)42)47(44)48)32-23-25-35(26-24-32)51(36-17-12-29-49-31-36)43-22-9-10-30-50-43/h1-31H. The summed E-state index contributed by atoms with van der Waals surface area (Å²) in [5.41, 5.74) is 14.6. The van der Waals surface area contributed by atoms with Gasteiger partial charge in [-0.15, -0.1) is 0 Å². The number of aromatic nitrogens is 2. The summed E-state index contributed by atoms with van der Waals surface area (Å²) in [6.07, 6.45) is 5.50. The van der Waals surface area contributed by atoms with Gasteiger partial charge in [0.05, 0.1) is 11.9 Å². The number of rotatable bonds is 6. The Morgan fingerprint density at radius 1 is 0.353 bits per heavy atom. The van der Waals surface area contributed by atoms with Gasteiger partial charge in [0.15, 0.2) is 0 Å². The number of hydrogen-bond acceptors (Lipinski definition) is 3. The van der Waals surface area contributed by atoms with Gasteiger partial charge >= 0.3 is 0 Å². The Kier molecular flexibility index (Phi) is 6.81. The van der Waals surface area contributed by atoms with E-state index in [0.717, 1.165) is 17.2 Å². The minimum atomic E-state index is 0.845. The van der Waals surface area contributed by atoms with Gasteiger partial charge in [-0.1, -0.05) is 133 Å². The third-order valence-corrected chi connectivity index (χ3v) is 10.1. The summed E-state index contributed by atoms with van der Waals surface area (Å²) >= 11 is 0. The molecule has 0 aliphatic heterocycles. The van der Waals surface area contributed by atoms with Crippen LogP contribution in [0.2, 0.25) is 0 Å². The summed E-state index contributed by atoms with van der Waals surface area (Å²) < 4.78 is 0. The lowest BCUT2D eigenvalue weighted by atomic mass is 9.82. The fourth-order valence-corrected chi connectivity index (χ4v) is 8.04. The molecule has 9 aromatic rings. The third-order valence-electron chi connectivity index (χ3n) is 10.1. The molecule has 2 aromatic heterocycles. The van der Waals surface area contributed by atoms with E-state index in [9.17, 15) is 0 Å². The second-order valence-corrected chi connectivity index (χ2v) is 12.9. The Balaban J connectivity index is 1.19. The van der Waals surface area contributed by atoms with Crippen molar-refractivity contribution in [3.8, 4) is 55.6 Å². The largest absolute Gasteiger partial charge is 0.293 e. The summed E-state index contributed by atoms with van der Waals surface area (Å²) in [5.74, 6) is 0.845. The second-order valence-electron chi connectivity index (χ2n) is 12.9. The van der Waals surface area contributed by atoms with Crippen molar-refractivity contribution in [2.75, 3.05) is 4.90 Å². The molecule has 0 atom stereocenters. The SMILES string of the molecule is c1ccc(-c2c3c(c(-c4ccccc4)c4ccccc24)-c2ccc(-c4ccc(N(c5cccnc5)c5ccccn5)cc4)c4cccc-3c24)cc1. The van der Waals surface area contributed by atoms with E-state index >= 15 is 0 Å². The Labute approximate surface area is 296 Å². The van der Waals surface area contributed by atoms with Crippen molar-refractivity contribution >= 4 is 38.7 Å². The zero-order chi connectivity index (χ0) is 33.7. The molecule has 10 rings (SSSR count). The second kappa shape index (κ2) is 11.9. The Hall–Kier alpha value is -6.84. The number of hydrogen-bond donors (Lipinski definition) is 0. The predicted molar refractivity (Wildman–Crippen MR) is 212 cm³/mol. The maximum Gasteiger partial charge on any atom is 0.137 e. The lowest BCUT2D eigenvalue weighted by molar-refractivity contribution is 1.16. The molecule has 238 valence electrons. The van der Waals surface area contributed by atoms with E-state index in [4.69, 9.17) is 0 Å². The first kappa shape index (κ1) is 29.1. The van der Waals surface area contributed by atoms with Gasteiger partial charge in [-0.3, -0.25) is 9.88 Å². The van der Waals surface area contributed by atoms with Crippen molar-refractivity contribution in [1.29, 1.82) is 0 Å². The third kappa shape index (κ3) is 4.67. The van der Waals surface area contributed by atoms with E-state index in [2.05, 4.69) is 160 Å². The smallest absolute Gasteiger partial charge is 0.137 e. The zero-order valence-corrected chi connectivity index (χ0v) is 27.7. The van der Waals surface area contributed by atoms with Crippen molar-refractivity contribution in [3.05, 3.63) is 188 Å². The molecule has 51 heavy (non-hydrogen) atoms. The van der Waals surface area contributed by atoms with Crippen molar-refractivity contribution in [2.24, 2.45) is 0 Å². The fraction of sp³-hybridized carbons (Fsp3) is 0. The topological polar surface area (TPSA) is 29.0 Å². The van der Waals surface area contributed by atoms with Crippen molar-refractivity contribution in [3.63, 3.8) is 0 Å². The number of anilines is 3. The van der Waals surface area contributed by atoms with Gasteiger partial charge in [0.1, 0.15) is 5.82 Å². The summed E-state index contributed by atoms with van der Waals surface area (Å²) in [5, 5.41) is 5.11. The van der Waals surface area contributed by atoms with Gasteiger partial charge < -0.3 is 0 Å². The first-order valence-corrected chi connectivity index (χ1v) is 17.3. The molecule has 2 heterocycles. The lowest BCUT2D eigenvalue weighted by Gasteiger charge is -2.24. The van der Waals surface area contributed by atoms with Gasteiger partial charge in [0.2, 0.25) is 0 Å². The molecule has 3 heteroatoms. The van der Waals surface area contributed by atoms with E-state index in [1.165, 1.54) is 77.2 Å². The fourth-order valence-electron chi connectivity index (χ4n) is 8.04. The van der Waals surface area contributed by atoms with Crippen LogP contribution in [0.3, 0.4) is 0 Å². The summed E-state index contributed by atoms with van der Waals surface area (Å²) in [7, 11) is 0. The molecule has 0 unspecified atom stereocenters. The Bertz CT molecular complexity index is 2580.